The van der Waals surface area contributed by atoms with Crippen molar-refractivity contribution in [3.63, 3.8) is 0 Å². The Labute approximate surface area is 160 Å². The number of likely N-dealkylation sites (N-methyl/N-ethyl adjacent to an activating group) is 1. The monoisotopic (exact) mass is 400 g/mol. The number of amides is 2. The first kappa shape index (κ1) is 19.5. The molecule has 0 aliphatic rings. The van der Waals surface area contributed by atoms with Gasteiger partial charge in [0, 0.05) is 15.7 Å². The van der Waals surface area contributed by atoms with E-state index >= 15 is 0 Å². The first-order chi connectivity index (χ1) is 11.8. The summed E-state index contributed by atoms with van der Waals surface area (Å²) in [5, 5.41) is 6.90. The van der Waals surface area contributed by atoms with E-state index in [4.69, 9.17) is 34.8 Å². The van der Waals surface area contributed by atoms with Crippen LogP contribution in [0.15, 0.2) is 42.5 Å². The molecule has 2 aromatic rings. The Kier molecular flexibility index (Phi) is 7.08. The van der Waals surface area contributed by atoms with Crippen LogP contribution in [0, 0.1) is 0 Å². The van der Waals surface area contributed by atoms with Crippen molar-refractivity contribution in [2.45, 2.75) is 0 Å². The largest absolute Gasteiger partial charge is 0.322 e. The van der Waals surface area contributed by atoms with E-state index in [0.29, 0.717) is 26.4 Å². The lowest BCUT2D eigenvalue weighted by Crippen LogP contribution is -3.11. The molecule has 2 aromatic carbocycles. The van der Waals surface area contributed by atoms with Gasteiger partial charge < -0.3 is 15.5 Å². The summed E-state index contributed by atoms with van der Waals surface area (Å²) >= 11 is 17.6. The zero-order chi connectivity index (χ0) is 18.4. The number of nitrogens with one attached hydrogen (secondary N) is 3. The predicted molar refractivity (Wildman–Crippen MR) is 102 cm³/mol. The third-order valence-electron chi connectivity index (χ3n) is 3.26. The number of hydrogen-bond acceptors (Lipinski definition) is 2. The number of carbonyl (C=O) groups excluding carboxylic acids is 2. The highest BCUT2D eigenvalue weighted by atomic mass is 35.5. The molecule has 2 amide bonds. The molecule has 0 aliphatic heterocycles. The fraction of sp³-hybridized carbons (Fsp3) is 0.176. The molecule has 5 nitrogen and oxygen atoms in total. The number of benzene rings is 2. The maximum absolute atomic E-state index is 12.1. The smallest absolute Gasteiger partial charge is 0.279 e. The van der Waals surface area contributed by atoms with Crippen LogP contribution in [0.3, 0.4) is 0 Å². The van der Waals surface area contributed by atoms with Gasteiger partial charge in [-0.15, -0.1) is 0 Å². The van der Waals surface area contributed by atoms with Gasteiger partial charge in [0.15, 0.2) is 13.1 Å². The van der Waals surface area contributed by atoms with Crippen LogP contribution in [-0.4, -0.2) is 32.0 Å². The summed E-state index contributed by atoms with van der Waals surface area (Å²) in [4.78, 5) is 24.8. The van der Waals surface area contributed by atoms with E-state index in [1.54, 1.807) is 49.5 Å². The van der Waals surface area contributed by atoms with Gasteiger partial charge in [-0.2, -0.15) is 0 Å². The topological polar surface area (TPSA) is 62.6 Å². The maximum atomic E-state index is 12.1. The van der Waals surface area contributed by atoms with E-state index in [9.17, 15) is 9.59 Å². The molecule has 1 unspecified atom stereocenters. The van der Waals surface area contributed by atoms with E-state index in [0.717, 1.165) is 4.90 Å². The van der Waals surface area contributed by atoms with Crippen molar-refractivity contribution in [3.8, 4) is 0 Å². The molecule has 0 heterocycles. The van der Waals surface area contributed by atoms with Gasteiger partial charge in [-0.3, -0.25) is 9.59 Å². The fourth-order valence-corrected chi connectivity index (χ4v) is 2.72. The van der Waals surface area contributed by atoms with Gasteiger partial charge >= 0.3 is 0 Å². The Bertz CT molecular complexity index is 766. The van der Waals surface area contributed by atoms with Crippen LogP contribution >= 0.6 is 34.8 Å². The van der Waals surface area contributed by atoms with E-state index in [1.807, 2.05) is 0 Å². The molecule has 2 rings (SSSR count). The molecule has 0 aliphatic carbocycles. The molecule has 132 valence electrons. The van der Waals surface area contributed by atoms with Gasteiger partial charge in [0.1, 0.15) is 0 Å². The summed E-state index contributed by atoms with van der Waals surface area (Å²) in [5.74, 6) is -0.446. The van der Waals surface area contributed by atoms with Crippen molar-refractivity contribution in [2.24, 2.45) is 0 Å². The summed E-state index contributed by atoms with van der Waals surface area (Å²) in [5.41, 5.74) is 1.13. The highest BCUT2D eigenvalue weighted by Crippen LogP contribution is 2.25. The Morgan fingerprint density at radius 3 is 2.04 bits per heavy atom. The van der Waals surface area contributed by atoms with Gasteiger partial charge in [0.25, 0.3) is 11.8 Å². The zero-order valence-corrected chi connectivity index (χ0v) is 15.7. The van der Waals surface area contributed by atoms with Crippen LogP contribution in [0.5, 0.6) is 0 Å². The van der Waals surface area contributed by atoms with Crippen LogP contribution in [0.1, 0.15) is 0 Å². The standard InChI is InChI=1S/C17H16Cl3N3O2/c1-23(9-16(24)21-13-5-2-11(18)3-6-13)10-17(25)22-15-7-4-12(19)8-14(15)20/h2-8H,9-10H2,1H3,(H,21,24)(H,22,25)/p+1. The van der Waals surface area contributed by atoms with Crippen LogP contribution in [-0.2, 0) is 9.59 Å². The van der Waals surface area contributed by atoms with Crippen LogP contribution in [0.25, 0.3) is 0 Å². The number of quaternary nitrogens is 1. The molecule has 0 fully saturated rings. The van der Waals surface area contributed by atoms with E-state index in [-0.39, 0.29) is 24.9 Å². The molecule has 0 bridgehead atoms. The second kappa shape index (κ2) is 9.06. The lowest BCUT2D eigenvalue weighted by molar-refractivity contribution is -0.862. The van der Waals surface area contributed by atoms with Crippen LogP contribution in [0.2, 0.25) is 15.1 Å². The van der Waals surface area contributed by atoms with Crippen LogP contribution < -0.4 is 15.5 Å². The third kappa shape index (κ3) is 6.55. The number of rotatable bonds is 6. The molecule has 0 saturated heterocycles. The van der Waals surface area contributed by atoms with Crippen molar-refractivity contribution < 1.29 is 14.5 Å². The van der Waals surface area contributed by atoms with Gasteiger partial charge in [-0.25, -0.2) is 0 Å². The van der Waals surface area contributed by atoms with Crippen LogP contribution in [0.4, 0.5) is 11.4 Å². The van der Waals surface area contributed by atoms with Crippen molar-refractivity contribution in [1.82, 2.24) is 0 Å². The van der Waals surface area contributed by atoms with Gasteiger partial charge in [0.05, 0.1) is 17.8 Å². The van der Waals surface area contributed by atoms with Gasteiger partial charge in [-0.05, 0) is 42.5 Å². The zero-order valence-electron chi connectivity index (χ0n) is 13.4. The molecule has 1 atom stereocenters. The summed E-state index contributed by atoms with van der Waals surface area (Å²) in [7, 11) is 1.75. The molecule has 0 spiro atoms. The normalized spacial score (nSPS) is 11.7. The van der Waals surface area contributed by atoms with Crippen molar-refractivity contribution >= 4 is 58.0 Å². The molecule has 0 saturated carbocycles. The quantitative estimate of drug-likeness (QED) is 0.697. The Morgan fingerprint density at radius 1 is 0.880 bits per heavy atom. The molecule has 0 radical (unpaired) electrons. The molecular weight excluding hydrogens is 385 g/mol. The minimum atomic E-state index is -0.249. The summed E-state index contributed by atoms with van der Waals surface area (Å²) in [6, 6.07) is 11.6. The highest BCUT2D eigenvalue weighted by Gasteiger charge is 2.15. The summed E-state index contributed by atoms with van der Waals surface area (Å²) in [6.45, 7) is 0.261. The Balaban J connectivity index is 1.82. The fourth-order valence-electron chi connectivity index (χ4n) is 2.13. The van der Waals surface area contributed by atoms with Gasteiger partial charge in [0.2, 0.25) is 0 Å². The average molecular weight is 402 g/mol. The molecule has 8 heteroatoms. The van der Waals surface area contributed by atoms with E-state index in [2.05, 4.69) is 10.6 Å². The number of hydrogen-bond donors (Lipinski definition) is 3. The maximum Gasteiger partial charge on any atom is 0.279 e. The lowest BCUT2D eigenvalue weighted by atomic mass is 10.3. The molecule has 25 heavy (non-hydrogen) atoms. The Morgan fingerprint density at radius 2 is 1.44 bits per heavy atom. The van der Waals surface area contributed by atoms with E-state index < -0.39 is 0 Å². The molecular formula is C17H17Cl3N3O2+. The van der Waals surface area contributed by atoms with Crippen molar-refractivity contribution in [1.29, 1.82) is 0 Å². The van der Waals surface area contributed by atoms with Gasteiger partial charge in [-0.1, -0.05) is 34.8 Å². The summed E-state index contributed by atoms with van der Waals surface area (Å²) in [6.07, 6.45) is 0. The minimum absolute atomic E-state index is 0.118. The Hall–Kier alpha value is -1.79. The van der Waals surface area contributed by atoms with E-state index in [1.165, 1.54) is 0 Å². The number of anilines is 2. The summed E-state index contributed by atoms with van der Waals surface area (Å²) < 4.78 is 0. The predicted octanol–water partition coefficient (Wildman–Crippen LogP) is 2.74. The molecule has 3 N–H and O–H groups in total. The van der Waals surface area contributed by atoms with Crippen molar-refractivity contribution in [2.75, 3.05) is 30.8 Å². The minimum Gasteiger partial charge on any atom is -0.322 e. The average Bonchev–Trinajstić information content (AvgIpc) is 2.52. The SMILES string of the molecule is C[NH+](CC(=O)Nc1ccc(Cl)cc1)CC(=O)Nc1ccc(Cl)cc1Cl. The number of halogens is 3. The first-order valence-corrected chi connectivity index (χ1v) is 8.58. The second-order valence-corrected chi connectivity index (χ2v) is 6.82. The third-order valence-corrected chi connectivity index (χ3v) is 4.06. The van der Waals surface area contributed by atoms with Crippen molar-refractivity contribution in [3.05, 3.63) is 57.5 Å². The molecule has 0 aromatic heterocycles. The number of carbonyl (C=O) groups is 2. The second-order valence-electron chi connectivity index (χ2n) is 5.54. The first-order valence-electron chi connectivity index (χ1n) is 7.45. The lowest BCUT2D eigenvalue weighted by Gasteiger charge is -2.14. The highest BCUT2D eigenvalue weighted by molar-refractivity contribution is 6.36.